The fourth-order valence-corrected chi connectivity index (χ4v) is 5.20. The number of aromatic nitrogens is 1. The number of carboxylic acid groups (broad SMARTS) is 2. The summed E-state index contributed by atoms with van der Waals surface area (Å²) in [5.74, 6) is -1.66. The van der Waals surface area contributed by atoms with Crippen molar-refractivity contribution in [3.05, 3.63) is 65.7 Å². The van der Waals surface area contributed by atoms with Crippen LogP contribution in [0.4, 0.5) is 5.13 Å². The smallest absolute Gasteiger partial charge is 0.328 e. The van der Waals surface area contributed by atoms with Gasteiger partial charge in [0.05, 0.1) is 16.8 Å². The van der Waals surface area contributed by atoms with Crippen molar-refractivity contribution in [1.29, 1.82) is 0 Å². The molecule has 0 saturated carbocycles. The number of hydrogen-bond acceptors (Lipinski definition) is 7. The zero-order valence-corrected chi connectivity index (χ0v) is 22.3. The summed E-state index contributed by atoms with van der Waals surface area (Å²) >= 11 is 7.78. The highest BCUT2D eigenvalue weighted by Gasteiger charge is 2.24. The quantitative estimate of drug-likeness (QED) is 0.257. The molecule has 0 aliphatic carbocycles. The minimum absolute atomic E-state index is 0.558. The van der Waals surface area contributed by atoms with Crippen LogP contribution in [0.5, 0.6) is 5.75 Å². The molecule has 37 heavy (non-hydrogen) atoms. The second-order valence-electron chi connectivity index (χ2n) is 8.67. The summed E-state index contributed by atoms with van der Waals surface area (Å²) < 4.78 is 7.05. The molecule has 2 heterocycles. The minimum Gasteiger partial charge on any atom is -0.494 e. The molecule has 3 aromatic rings. The Hall–Kier alpha value is -3.14. The number of likely N-dealkylation sites (tertiary alicyclic amines) is 1. The van der Waals surface area contributed by atoms with Crippen molar-refractivity contribution in [1.82, 2.24) is 9.88 Å². The van der Waals surface area contributed by atoms with Gasteiger partial charge in [-0.2, -0.15) is 0 Å². The van der Waals surface area contributed by atoms with Crippen LogP contribution in [0.25, 0.3) is 10.2 Å². The Morgan fingerprint density at radius 2 is 1.81 bits per heavy atom. The van der Waals surface area contributed by atoms with Crippen molar-refractivity contribution in [2.45, 2.75) is 31.7 Å². The van der Waals surface area contributed by atoms with Crippen LogP contribution < -0.4 is 9.64 Å². The first-order valence-corrected chi connectivity index (χ1v) is 13.3. The number of ether oxygens (including phenoxy) is 1. The van der Waals surface area contributed by atoms with Crippen molar-refractivity contribution < 1.29 is 24.5 Å². The number of rotatable bonds is 10. The van der Waals surface area contributed by atoms with Gasteiger partial charge in [-0.05, 0) is 62.6 Å². The third-order valence-corrected chi connectivity index (χ3v) is 7.35. The van der Waals surface area contributed by atoms with E-state index in [1.807, 2.05) is 24.3 Å². The molecule has 2 aromatic carbocycles. The summed E-state index contributed by atoms with van der Waals surface area (Å²) in [4.78, 5) is 28.9. The molecule has 1 fully saturated rings. The average Bonchev–Trinajstić information content (AvgIpc) is 3.32. The molecule has 2 N–H and O–H groups in total. The fourth-order valence-electron chi connectivity index (χ4n) is 4.02. The first-order valence-electron chi connectivity index (χ1n) is 12.1. The Kier molecular flexibility index (Phi) is 11.2. The zero-order valence-electron chi connectivity index (χ0n) is 20.8. The van der Waals surface area contributed by atoms with Crippen LogP contribution >= 0.6 is 22.9 Å². The third-order valence-electron chi connectivity index (χ3n) is 5.99. The number of hydrogen-bond donors (Lipinski definition) is 2. The fraction of sp³-hybridized carbons (Fsp3) is 0.370. The number of benzene rings is 2. The lowest BCUT2D eigenvalue weighted by molar-refractivity contribution is -0.134. The second kappa shape index (κ2) is 14.6. The topological polar surface area (TPSA) is 103 Å². The molecular formula is C27H32ClN3O5S. The van der Waals surface area contributed by atoms with Crippen LogP contribution in [0.1, 0.15) is 25.7 Å². The maximum Gasteiger partial charge on any atom is 0.328 e. The van der Waals surface area contributed by atoms with Crippen LogP contribution in [0.15, 0.2) is 60.7 Å². The number of piperidine rings is 1. The van der Waals surface area contributed by atoms with Crippen molar-refractivity contribution >= 4 is 50.2 Å². The lowest BCUT2D eigenvalue weighted by Crippen LogP contribution is -2.43. The number of para-hydroxylation sites is 1. The highest BCUT2D eigenvalue weighted by Crippen LogP contribution is 2.31. The molecule has 1 saturated heterocycles. The number of carbonyl (C=O) groups is 2. The van der Waals surface area contributed by atoms with E-state index in [-0.39, 0.29) is 0 Å². The van der Waals surface area contributed by atoms with Gasteiger partial charge in [-0.3, -0.25) is 0 Å². The lowest BCUT2D eigenvalue weighted by atomic mass is 10.0. The van der Waals surface area contributed by atoms with Crippen LogP contribution in [0.3, 0.4) is 0 Å². The van der Waals surface area contributed by atoms with Crippen molar-refractivity contribution in [2.75, 3.05) is 38.2 Å². The molecule has 0 radical (unpaired) electrons. The Morgan fingerprint density at radius 3 is 2.46 bits per heavy atom. The molecule has 8 nitrogen and oxygen atoms in total. The van der Waals surface area contributed by atoms with Gasteiger partial charge < -0.3 is 24.7 Å². The van der Waals surface area contributed by atoms with Gasteiger partial charge in [0.15, 0.2) is 5.13 Å². The predicted octanol–water partition coefficient (Wildman–Crippen LogP) is 5.42. The molecule has 1 aliphatic heterocycles. The normalized spacial score (nSPS) is 14.3. The standard InChI is InChI=1S/C23H28ClN3OS.C4H4O4/c1-26(23-25-21-9-2-3-10-22(21)29-23)19-11-14-27(15-12-19)13-4-5-16-28-20-8-6-7-18(24)17-20;5-3(6)1-2-4(7)8/h2-3,6-10,17,19H,4-5,11-16H2,1H3;1-2H,(H,5,6)(H,7,8)/b;2-1-. The van der Waals surface area contributed by atoms with Crippen LogP contribution in [0, 0.1) is 0 Å². The summed E-state index contributed by atoms with van der Waals surface area (Å²) in [6, 6.07) is 16.6. The monoisotopic (exact) mass is 545 g/mol. The number of nitrogens with zero attached hydrogens (tertiary/aromatic N) is 3. The summed E-state index contributed by atoms with van der Waals surface area (Å²) in [6.07, 6.45) is 5.75. The average molecular weight is 546 g/mol. The van der Waals surface area contributed by atoms with Crippen LogP contribution in [0.2, 0.25) is 5.02 Å². The van der Waals surface area contributed by atoms with Crippen molar-refractivity contribution in [3.8, 4) is 5.75 Å². The number of thiazole rings is 1. The summed E-state index contributed by atoms with van der Waals surface area (Å²) in [7, 11) is 2.20. The molecule has 198 valence electrons. The maximum absolute atomic E-state index is 9.55. The SMILES string of the molecule is CN(c1nc2ccccc2s1)C1CCN(CCCCOc2cccc(Cl)c2)CC1.O=C(O)/C=C\C(=O)O. The molecular weight excluding hydrogens is 514 g/mol. The highest BCUT2D eigenvalue weighted by atomic mass is 35.5. The molecule has 4 rings (SSSR count). The van der Waals surface area contributed by atoms with Gasteiger partial charge in [0, 0.05) is 43.4 Å². The molecule has 0 unspecified atom stereocenters. The Morgan fingerprint density at radius 1 is 1.11 bits per heavy atom. The summed E-state index contributed by atoms with van der Waals surface area (Å²) in [5, 5.41) is 17.5. The van der Waals surface area contributed by atoms with E-state index in [1.165, 1.54) is 24.0 Å². The van der Waals surface area contributed by atoms with E-state index < -0.39 is 11.9 Å². The Bertz CT molecular complexity index is 1140. The number of aliphatic carboxylic acids is 2. The molecule has 1 aromatic heterocycles. The van der Waals surface area contributed by atoms with Crippen LogP contribution in [-0.4, -0.2) is 71.4 Å². The predicted molar refractivity (Wildman–Crippen MR) is 148 cm³/mol. The van der Waals surface area contributed by atoms with Gasteiger partial charge in [0.1, 0.15) is 5.75 Å². The van der Waals surface area contributed by atoms with Gasteiger partial charge in [-0.25, -0.2) is 14.6 Å². The van der Waals surface area contributed by atoms with E-state index in [4.69, 9.17) is 31.5 Å². The Balaban J connectivity index is 0.000000414. The number of anilines is 1. The van der Waals surface area contributed by atoms with E-state index in [0.29, 0.717) is 18.2 Å². The van der Waals surface area contributed by atoms with E-state index >= 15 is 0 Å². The summed E-state index contributed by atoms with van der Waals surface area (Å²) in [6.45, 7) is 4.22. The van der Waals surface area contributed by atoms with Gasteiger partial charge in [-0.15, -0.1) is 0 Å². The molecule has 0 bridgehead atoms. The number of fused-ring (bicyclic) bond motifs is 1. The molecule has 10 heteroatoms. The van der Waals surface area contributed by atoms with Crippen molar-refractivity contribution in [3.63, 3.8) is 0 Å². The van der Waals surface area contributed by atoms with E-state index in [9.17, 15) is 9.59 Å². The number of carboxylic acids is 2. The van der Waals surface area contributed by atoms with E-state index in [0.717, 1.165) is 54.1 Å². The van der Waals surface area contributed by atoms with Gasteiger partial charge in [0.25, 0.3) is 0 Å². The number of unbranched alkanes of at least 4 members (excludes halogenated alkanes) is 1. The lowest BCUT2D eigenvalue weighted by Gasteiger charge is -2.36. The molecule has 0 atom stereocenters. The first kappa shape index (κ1) is 28.4. The molecule has 1 aliphatic rings. The minimum atomic E-state index is -1.26. The van der Waals surface area contributed by atoms with E-state index in [2.05, 4.69) is 41.1 Å². The Labute approximate surface area is 225 Å². The maximum atomic E-state index is 9.55. The summed E-state index contributed by atoms with van der Waals surface area (Å²) in [5.41, 5.74) is 1.11. The van der Waals surface area contributed by atoms with Crippen molar-refractivity contribution in [2.24, 2.45) is 0 Å². The zero-order chi connectivity index (χ0) is 26.6. The highest BCUT2D eigenvalue weighted by molar-refractivity contribution is 7.22. The van der Waals surface area contributed by atoms with Gasteiger partial charge in [0.2, 0.25) is 0 Å². The van der Waals surface area contributed by atoms with Crippen LogP contribution in [-0.2, 0) is 9.59 Å². The second-order valence-corrected chi connectivity index (χ2v) is 10.1. The van der Waals surface area contributed by atoms with Gasteiger partial charge in [-0.1, -0.05) is 41.1 Å². The molecule has 0 amide bonds. The number of halogens is 1. The molecule has 0 spiro atoms. The van der Waals surface area contributed by atoms with E-state index in [1.54, 1.807) is 11.3 Å². The first-order chi connectivity index (χ1) is 17.8. The third kappa shape index (κ3) is 9.68. The largest absolute Gasteiger partial charge is 0.494 e. The van der Waals surface area contributed by atoms with Gasteiger partial charge >= 0.3 is 11.9 Å².